The zero-order chi connectivity index (χ0) is 12.6. The minimum absolute atomic E-state index is 0.171. The van der Waals surface area contributed by atoms with Crippen LogP contribution in [0, 0.1) is 5.92 Å². The Hall–Kier alpha value is -0.110. The number of likely N-dealkylation sites (tertiary alicyclic amines) is 1. The summed E-state index contributed by atoms with van der Waals surface area (Å²) in [5.41, 5.74) is 0.462. The number of nitrogens with zero attached hydrogens (tertiary/aromatic N) is 1. The van der Waals surface area contributed by atoms with Crippen LogP contribution in [0.4, 0.5) is 4.39 Å². The Kier molecular flexibility index (Phi) is 8.00. The average Bonchev–Trinajstić information content (AvgIpc) is 3.09. The van der Waals surface area contributed by atoms with Crippen LogP contribution in [0.3, 0.4) is 0 Å². The minimum Gasteiger partial charge on any atom is -0.295 e. The smallest absolute Gasteiger partial charge is 0.102 e. The quantitative estimate of drug-likeness (QED) is 0.686. The third kappa shape index (κ3) is 4.04. The van der Waals surface area contributed by atoms with Crippen molar-refractivity contribution < 1.29 is 4.39 Å². The minimum atomic E-state index is -0.171. The lowest BCUT2D eigenvalue weighted by atomic mass is 9.90. The number of alkyl halides is 1. The summed E-state index contributed by atoms with van der Waals surface area (Å²) in [6.07, 6.45) is 5.21. The molecule has 98 valence electrons. The summed E-state index contributed by atoms with van der Waals surface area (Å²) in [6.45, 7) is 12.0. The molecule has 0 aromatic carbocycles. The van der Waals surface area contributed by atoms with Crippen molar-refractivity contribution in [2.75, 3.05) is 19.8 Å². The summed E-state index contributed by atoms with van der Waals surface area (Å²) in [5.74, 6) is 0.864. The second kappa shape index (κ2) is 8.05. The summed E-state index contributed by atoms with van der Waals surface area (Å²) in [7, 11) is 0. The second-order valence-corrected chi connectivity index (χ2v) is 4.50. The van der Waals surface area contributed by atoms with E-state index in [1.165, 1.54) is 25.7 Å². The van der Waals surface area contributed by atoms with Gasteiger partial charge in [0.05, 0.1) is 0 Å². The number of halogens is 1. The molecule has 2 aliphatic rings. The van der Waals surface area contributed by atoms with Gasteiger partial charge in [-0.1, -0.05) is 34.6 Å². The lowest BCUT2D eigenvalue weighted by Crippen LogP contribution is -2.44. The highest BCUT2D eigenvalue weighted by Crippen LogP contribution is 2.49. The first-order valence-corrected chi connectivity index (χ1v) is 7.08. The van der Waals surface area contributed by atoms with Crippen LogP contribution in [-0.2, 0) is 0 Å². The van der Waals surface area contributed by atoms with Crippen molar-refractivity contribution in [2.24, 2.45) is 5.92 Å². The largest absolute Gasteiger partial charge is 0.295 e. The Morgan fingerprint density at radius 2 is 1.75 bits per heavy atom. The van der Waals surface area contributed by atoms with Crippen LogP contribution in [-0.4, -0.2) is 30.2 Å². The topological polar surface area (TPSA) is 3.24 Å². The van der Waals surface area contributed by atoms with E-state index >= 15 is 0 Å². The van der Waals surface area contributed by atoms with E-state index in [4.69, 9.17) is 0 Å². The van der Waals surface area contributed by atoms with Gasteiger partial charge >= 0.3 is 0 Å². The van der Waals surface area contributed by atoms with Crippen molar-refractivity contribution in [3.63, 3.8) is 0 Å². The molecule has 1 saturated carbocycles. The third-order valence-corrected chi connectivity index (χ3v) is 3.47. The van der Waals surface area contributed by atoms with Gasteiger partial charge in [-0.2, -0.15) is 0 Å². The standard InChI is InChI=1S/C10H18FN.2C2H6/c1-9-2-6-12(7-5-11)10(8-9)3-4-10;2*1-2/h9H,2-8H2,1H3;2*1-2H3. The second-order valence-electron chi connectivity index (χ2n) is 4.50. The molecule has 2 heteroatoms. The van der Waals surface area contributed by atoms with Crippen LogP contribution < -0.4 is 0 Å². The molecule has 1 heterocycles. The zero-order valence-corrected chi connectivity index (χ0v) is 11.9. The van der Waals surface area contributed by atoms with Gasteiger partial charge < -0.3 is 0 Å². The highest BCUT2D eigenvalue weighted by molar-refractivity contribution is 5.06. The van der Waals surface area contributed by atoms with E-state index in [-0.39, 0.29) is 6.67 Å². The van der Waals surface area contributed by atoms with Gasteiger partial charge in [-0.3, -0.25) is 4.90 Å². The molecular formula is C14H30FN. The summed E-state index contributed by atoms with van der Waals surface area (Å²) in [5, 5.41) is 0. The van der Waals surface area contributed by atoms with Crippen LogP contribution >= 0.6 is 0 Å². The molecule has 1 saturated heterocycles. The highest BCUT2D eigenvalue weighted by atomic mass is 19.1. The van der Waals surface area contributed by atoms with E-state index in [2.05, 4.69) is 11.8 Å². The maximum atomic E-state index is 12.2. The first-order valence-electron chi connectivity index (χ1n) is 7.08. The predicted octanol–water partition coefficient (Wildman–Crippen LogP) is 4.27. The number of rotatable bonds is 2. The normalized spacial score (nSPS) is 26.2. The highest BCUT2D eigenvalue weighted by Gasteiger charge is 2.49. The Morgan fingerprint density at radius 1 is 1.19 bits per heavy atom. The van der Waals surface area contributed by atoms with Crippen LogP contribution in [0.15, 0.2) is 0 Å². The molecule has 16 heavy (non-hydrogen) atoms. The van der Waals surface area contributed by atoms with Crippen LogP contribution in [0.5, 0.6) is 0 Å². The maximum Gasteiger partial charge on any atom is 0.102 e. The Labute approximate surface area is 101 Å². The molecule has 0 radical (unpaired) electrons. The van der Waals surface area contributed by atoms with Crippen molar-refractivity contribution in [1.82, 2.24) is 4.90 Å². The lowest BCUT2D eigenvalue weighted by Gasteiger charge is -2.38. The molecule has 0 amide bonds. The molecule has 0 N–H and O–H groups in total. The average molecular weight is 231 g/mol. The van der Waals surface area contributed by atoms with Crippen molar-refractivity contribution >= 4 is 0 Å². The van der Waals surface area contributed by atoms with Gasteiger partial charge in [0.1, 0.15) is 6.67 Å². The predicted molar refractivity (Wildman–Crippen MR) is 70.6 cm³/mol. The molecule has 1 aliphatic heterocycles. The van der Waals surface area contributed by atoms with Crippen molar-refractivity contribution in [2.45, 2.75) is 65.8 Å². The fraction of sp³-hybridized carbons (Fsp3) is 1.00. The van der Waals surface area contributed by atoms with E-state index < -0.39 is 0 Å². The fourth-order valence-corrected chi connectivity index (χ4v) is 2.61. The molecule has 1 atom stereocenters. The number of piperidine rings is 1. The van der Waals surface area contributed by atoms with E-state index in [1.807, 2.05) is 27.7 Å². The monoisotopic (exact) mass is 231 g/mol. The van der Waals surface area contributed by atoms with Crippen molar-refractivity contribution in [1.29, 1.82) is 0 Å². The summed E-state index contributed by atoms with van der Waals surface area (Å²) < 4.78 is 12.2. The zero-order valence-electron chi connectivity index (χ0n) is 11.9. The SMILES string of the molecule is CC.CC.CC1CCN(CCF)C2(CC2)C1. The van der Waals surface area contributed by atoms with Crippen LogP contribution in [0.2, 0.25) is 0 Å². The molecule has 2 fully saturated rings. The first kappa shape index (κ1) is 15.9. The molecule has 0 aromatic rings. The molecule has 1 unspecified atom stereocenters. The molecule has 1 aliphatic carbocycles. The summed E-state index contributed by atoms with van der Waals surface area (Å²) in [4.78, 5) is 2.38. The molecular weight excluding hydrogens is 201 g/mol. The van der Waals surface area contributed by atoms with Gasteiger partial charge in [0, 0.05) is 12.1 Å². The molecule has 0 aromatic heterocycles. The van der Waals surface area contributed by atoms with Gasteiger partial charge in [0.25, 0.3) is 0 Å². The first-order chi connectivity index (χ1) is 7.77. The van der Waals surface area contributed by atoms with Crippen molar-refractivity contribution in [3.05, 3.63) is 0 Å². The van der Waals surface area contributed by atoms with Crippen LogP contribution in [0.1, 0.15) is 60.3 Å². The van der Waals surface area contributed by atoms with Gasteiger partial charge in [0.15, 0.2) is 0 Å². The lowest BCUT2D eigenvalue weighted by molar-refractivity contribution is 0.0924. The fourth-order valence-electron chi connectivity index (χ4n) is 2.61. The summed E-state index contributed by atoms with van der Waals surface area (Å²) in [6, 6.07) is 0. The van der Waals surface area contributed by atoms with Gasteiger partial charge in [-0.25, -0.2) is 4.39 Å². The van der Waals surface area contributed by atoms with E-state index in [9.17, 15) is 4.39 Å². The number of hydrogen-bond acceptors (Lipinski definition) is 1. The van der Waals surface area contributed by atoms with E-state index in [0.717, 1.165) is 12.5 Å². The Balaban J connectivity index is 0.000000509. The Bertz CT molecular complexity index is 166. The van der Waals surface area contributed by atoms with Gasteiger partial charge in [-0.15, -0.1) is 0 Å². The van der Waals surface area contributed by atoms with Gasteiger partial charge in [-0.05, 0) is 38.1 Å². The molecule has 0 bridgehead atoms. The van der Waals surface area contributed by atoms with Gasteiger partial charge in [0.2, 0.25) is 0 Å². The molecule has 1 nitrogen and oxygen atoms in total. The van der Waals surface area contributed by atoms with E-state index in [0.29, 0.717) is 12.1 Å². The third-order valence-electron chi connectivity index (χ3n) is 3.47. The molecule has 1 spiro atoms. The number of hydrogen-bond donors (Lipinski definition) is 0. The van der Waals surface area contributed by atoms with E-state index in [1.54, 1.807) is 0 Å². The summed E-state index contributed by atoms with van der Waals surface area (Å²) >= 11 is 0. The maximum absolute atomic E-state index is 12.2. The Morgan fingerprint density at radius 3 is 2.19 bits per heavy atom. The van der Waals surface area contributed by atoms with Crippen LogP contribution in [0.25, 0.3) is 0 Å². The molecule has 2 rings (SSSR count). The van der Waals surface area contributed by atoms with Crippen molar-refractivity contribution in [3.8, 4) is 0 Å².